The van der Waals surface area contributed by atoms with E-state index in [2.05, 4.69) is 22.3 Å². The van der Waals surface area contributed by atoms with Gasteiger partial charge >= 0.3 is 0 Å². The number of ether oxygens (including phenoxy) is 2. The molecule has 1 aromatic carbocycles. The molecule has 7 nitrogen and oxygen atoms in total. The normalized spacial score (nSPS) is 16.6. The summed E-state index contributed by atoms with van der Waals surface area (Å²) in [5.41, 5.74) is 0.936. The average Bonchev–Trinajstić information content (AvgIpc) is 3.02. The lowest BCUT2D eigenvalue weighted by molar-refractivity contribution is -0.117. The standard InChI is InChI=1S/C16H20N4O3/c1-3-4-7-23-13-6-5-11(8-14(13)22-2)12-9-15(21)19-16-17-10-18-20(12)16/h5-6,8,10,12H,3-4,7,9H2,1-2H3,(H,17,18,19,21)/t12-/m0/s1. The topological polar surface area (TPSA) is 78.3 Å². The second kappa shape index (κ2) is 6.68. The van der Waals surface area contributed by atoms with Crippen LogP contribution in [0, 0.1) is 0 Å². The van der Waals surface area contributed by atoms with Gasteiger partial charge in [0.05, 0.1) is 26.2 Å². The number of hydrogen-bond donors (Lipinski definition) is 1. The van der Waals surface area contributed by atoms with Crippen LogP contribution < -0.4 is 14.8 Å². The van der Waals surface area contributed by atoms with E-state index in [0.29, 0.717) is 30.5 Å². The number of carbonyl (C=O) groups excluding carboxylic acids is 1. The molecule has 0 bridgehead atoms. The SMILES string of the molecule is CCCCOc1ccc([C@@H]2CC(=O)Nc3ncnn32)cc1OC. The summed E-state index contributed by atoms with van der Waals surface area (Å²) in [6.07, 6.45) is 3.83. The summed E-state index contributed by atoms with van der Waals surface area (Å²) in [5.74, 6) is 1.77. The van der Waals surface area contributed by atoms with Gasteiger partial charge in [0.2, 0.25) is 11.9 Å². The number of carbonyl (C=O) groups is 1. The quantitative estimate of drug-likeness (QED) is 0.828. The molecule has 0 fully saturated rings. The molecule has 1 N–H and O–H groups in total. The highest BCUT2D eigenvalue weighted by Crippen LogP contribution is 2.34. The molecule has 1 aromatic heterocycles. The van der Waals surface area contributed by atoms with Crippen LogP contribution in [0.15, 0.2) is 24.5 Å². The van der Waals surface area contributed by atoms with Crippen LogP contribution >= 0.6 is 0 Å². The van der Waals surface area contributed by atoms with Gasteiger partial charge in [0.15, 0.2) is 11.5 Å². The van der Waals surface area contributed by atoms with Gasteiger partial charge in [-0.15, -0.1) is 0 Å². The maximum atomic E-state index is 11.9. The first-order chi connectivity index (χ1) is 11.2. The summed E-state index contributed by atoms with van der Waals surface area (Å²) in [4.78, 5) is 15.9. The first-order valence-corrected chi connectivity index (χ1v) is 7.73. The fourth-order valence-electron chi connectivity index (χ4n) is 2.60. The zero-order chi connectivity index (χ0) is 16.2. The number of unbranched alkanes of at least 4 members (excludes halogenated alkanes) is 1. The maximum Gasteiger partial charge on any atom is 0.229 e. The molecule has 1 amide bonds. The molecule has 7 heteroatoms. The monoisotopic (exact) mass is 316 g/mol. The van der Waals surface area contributed by atoms with Crippen molar-refractivity contribution in [3.8, 4) is 11.5 Å². The molecule has 0 spiro atoms. The number of benzene rings is 1. The minimum atomic E-state index is -0.195. The second-order valence-corrected chi connectivity index (χ2v) is 5.41. The van der Waals surface area contributed by atoms with E-state index in [9.17, 15) is 4.79 Å². The van der Waals surface area contributed by atoms with Crippen LogP contribution in [0.3, 0.4) is 0 Å². The van der Waals surface area contributed by atoms with Gasteiger partial charge in [-0.3, -0.25) is 10.1 Å². The van der Waals surface area contributed by atoms with E-state index in [4.69, 9.17) is 9.47 Å². The van der Waals surface area contributed by atoms with Crippen molar-refractivity contribution < 1.29 is 14.3 Å². The van der Waals surface area contributed by atoms with E-state index in [1.165, 1.54) is 6.33 Å². The van der Waals surface area contributed by atoms with Crippen molar-refractivity contribution in [2.45, 2.75) is 32.2 Å². The number of anilines is 1. The number of hydrogen-bond acceptors (Lipinski definition) is 5. The Labute approximate surface area is 134 Å². The Kier molecular flexibility index (Phi) is 4.45. The molecule has 1 atom stereocenters. The number of methoxy groups -OCH3 is 1. The third-order valence-corrected chi connectivity index (χ3v) is 3.83. The number of nitrogens with zero attached hydrogens (tertiary/aromatic N) is 3. The van der Waals surface area contributed by atoms with Crippen LogP contribution in [0.25, 0.3) is 0 Å². The first kappa shape index (κ1) is 15.3. The van der Waals surface area contributed by atoms with Crippen molar-refractivity contribution in [3.05, 3.63) is 30.1 Å². The van der Waals surface area contributed by atoms with Crippen molar-refractivity contribution in [3.63, 3.8) is 0 Å². The lowest BCUT2D eigenvalue weighted by Gasteiger charge is -2.24. The van der Waals surface area contributed by atoms with Gasteiger partial charge in [-0.25, -0.2) is 4.68 Å². The summed E-state index contributed by atoms with van der Waals surface area (Å²) in [7, 11) is 1.61. The highest BCUT2D eigenvalue weighted by Gasteiger charge is 2.28. The summed E-state index contributed by atoms with van der Waals surface area (Å²) >= 11 is 0. The van der Waals surface area contributed by atoms with Crippen LogP contribution in [0.4, 0.5) is 5.95 Å². The zero-order valence-corrected chi connectivity index (χ0v) is 13.3. The maximum absolute atomic E-state index is 11.9. The summed E-state index contributed by atoms with van der Waals surface area (Å²) in [5, 5.41) is 6.91. The fraction of sp³-hybridized carbons (Fsp3) is 0.438. The molecular weight excluding hydrogens is 296 g/mol. The molecule has 1 aliphatic heterocycles. The van der Waals surface area contributed by atoms with Crippen molar-refractivity contribution in [1.82, 2.24) is 14.8 Å². The lowest BCUT2D eigenvalue weighted by Crippen LogP contribution is -2.29. The Balaban J connectivity index is 1.88. The van der Waals surface area contributed by atoms with Crippen LogP contribution in [0.5, 0.6) is 11.5 Å². The molecule has 0 radical (unpaired) electrons. The number of fused-ring (bicyclic) bond motifs is 1. The molecule has 2 heterocycles. The summed E-state index contributed by atoms with van der Waals surface area (Å²) in [6.45, 7) is 2.78. The first-order valence-electron chi connectivity index (χ1n) is 7.73. The molecule has 0 saturated heterocycles. The Morgan fingerprint density at radius 1 is 1.39 bits per heavy atom. The van der Waals surface area contributed by atoms with Gasteiger partial charge < -0.3 is 9.47 Å². The van der Waals surface area contributed by atoms with Gasteiger partial charge in [0, 0.05) is 0 Å². The lowest BCUT2D eigenvalue weighted by atomic mass is 10.0. The molecule has 122 valence electrons. The number of amides is 1. The number of aromatic nitrogens is 3. The Morgan fingerprint density at radius 2 is 2.26 bits per heavy atom. The van der Waals surface area contributed by atoms with Gasteiger partial charge in [-0.05, 0) is 24.1 Å². The van der Waals surface area contributed by atoms with Crippen LogP contribution in [-0.4, -0.2) is 34.4 Å². The van der Waals surface area contributed by atoms with E-state index in [0.717, 1.165) is 18.4 Å². The van der Waals surface area contributed by atoms with Crippen LogP contribution in [0.1, 0.15) is 37.8 Å². The van der Waals surface area contributed by atoms with E-state index in [1.807, 2.05) is 18.2 Å². The molecule has 3 rings (SSSR count). The second-order valence-electron chi connectivity index (χ2n) is 5.41. The van der Waals surface area contributed by atoms with Crippen molar-refractivity contribution in [1.29, 1.82) is 0 Å². The molecule has 2 aromatic rings. The third-order valence-electron chi connectivity index (χ3n) is 3.83. The Hall–Kier alpha value is -2.57. The summed E-state index contributed by atoms with van der Waals surface area (Å²) in [6, 6.07) is 5.53. The fourth-order valence-corrected chi connectivity index (χ4v) is 2.60. The van der Waals surface area contributed by atoms with E-state index < -0.39 is 0 Å². The van der Waals surface area contributed by atoms with Gasteiger partial charge in [-0.1, -0.05) is 19.4 Å². The minimum Gasteiger partial charge on any atom is -0.493 e. The highest BCUT2D eigenvalue weighted by atomic mass is 16.5. The molecule has 0 aliphatic carbocycles. The van der Waals surface area contributed by atoms with Gasteiger partial charge in [-0.2, -0.15) is 10.1 Å². The zero-order valence-electron chi connectivity index (χ0n) is 13.3. The number of nitrogens with one attached hydrogen (secondary N) is 1. The molecule has 0 saturated carbocycles. The predicted octanol–water partition coefficient (Wildman–Crippen LogP) is 2.40. The van der Waals surface area contributed by atoms with Crippen LogP contribution in [-0.2, 0) is 4.79 Å². The summed E-state index contributed by atoms with van der Waals surface area (Å²) < 4.78 is 12.9. The van der Waals surface area contributed by atoms with Crippen molar-refractivity contribution in [2.75, 3.05) is 19.0 Å². The van der Waals surface area contributed by atoms with Crippen molar-refractivity contribution in [2.24, 2.45) is 0 Å². The number of rotatable bonds is 6. The smallest absolute Gasteiger partial charge is 0.229 e. The Bertz CT molecular complexity index is 698. The highest BCUT2D eigenvalue weighted by molar-refractivity contribution is 5.91. The van der Waals surface area contributed by atoms with Crippen molar-refractivity contribution >= 4 is 11.9 Å². The Morgan fingerprint density at radius 3 is 3.04 bits per heavy atom. The average molecular weight is 316 g/mol. The van der Waals surface area contributed by atoms with Gasteiger partial charge in [0.1, 0.15) is 6.33 Å². The third kappa shape index (κ3) is 3.13. The van der Waals surface area contributed by atoms with Crippen LogP contribution in [0.2, 0.25) is 0 Å². The van der Waals surface area contributed by atoms with Gasteiger partial charge in [0.25, 0.3) is 0 Å². The van der Waals surface area contributed by atoms with E-state index in [1.54, 1.807) is 11.8 Å². The predicted molar refractivity (Wildman–Crippen MR) is 84.8 cm³/mol. The largest absolute Gasteiger partial charge is 0.493 e. The molecule has 23 heavy (non-hydrogen) atoms. The molecular formula is C16H20N4O3. The molecule has 1 aliphatic rings. The minimum absolute atomic E-state index is 0.0715. The van der Waals surface area contributed by atoms with E-state index >= 15 is 0 Å². The molecule has 0 unspecified atom stereocenters. The van der Waals surface area contributed by atoms with E-state index in [-0.39, 0.29) is 11.9 Å².